The SMILES string of the molecule is Cc1csc(SCC(=O)NN(c2ccccc2)c2ccccc2)n1. The molecule has 0 saturated carbocycles. The fraction of sp³-hybridized carbons (Fsp3) is 0.111. The molecule has 24 heavy (non-hydrogen) atoms. The Kier molecular flexibility index (Phi) is 5.51. The maximum Gasteiger partial charge on any atom is 0.249 e. The summed E-state index contributed by atoms with van der Waals surface area (Å²) in [6.45, 7) is 1.95. The van der Waals surface area contributed by atoms with Crippen molar-refractivity contribution >= 4 is 40.4 Å². The van der Waals surface area contributed by atoms with Gasteiger partial charge in [0.2, 0.25) is 5.91 Å². The predicted octanol–water partition coefficient (Wildman–Crippen LogP) is 4.41. The molecule has 2 aromatic carbocycles. The second-order valence-electron chi connectivity index (χ2n) is 5.08. The van der Waals surface area contributed by atoms with E-state index in [4.69, 9.17) is 0 Å². The minimum Gasteiger partial charge on any atom is -0.272 e. The fourth-order valence-electron chi connectivity index (χ4n) is 2.12. The standard InChI is InChI=1S/C18H17N3OS2/c1-14-12-23-18(19-14)24-13-17(22)20-21(15-8-4-2-5-9-15)16-10-6-3-7-11-16/h2-12H,13H2,1H3,(H,20,22). The van der Waals surface area contributed by atoms with Gasteiger partial charge in [0.15, 0.2) is 4.34 Å². The first-order valence-electron chi connectivity index (χ1n) is 7.47. The Morgan fingerprint density at radius 3 is 2.17 bits per heavy atom. The van der Waals surface area contributed by atoms with Gasteiger partial charge >= 0.3 is 0 Å². The number of thiazole rings is 1. The van der Waals surface area contributed by atoms with Gasteiger partial charge in [0.1, 0.15) is 0 Å². The van der Waals surface area contributed by atoms with Crippen LogP contribution < -0.4 is 10.4 Å². The Labute approximate surface area is 149 Å². The van der Waals surface area contributed by atoms with Gasteiger partial charge in [0, 0.05) is 11.1 Å². The molecule has 122 valence electrons. The van der Waals surface area contributed by atoms with Crippen LogP contribution in [0.3, 0.4) is 0 Å². The molecule has 0 bridgehead atoms. The molecule has 3 rings (SSSR count). The summed E-state index contributed by atoms with van der Waals surface area (Å²) in [4.78, 5) is 16.7. The van der Waals surface area contributed by atoms with E-state index >= 15 is 0 Å². The molecule has 0 radical (unpaired) electrons. The first kappa shape index (κ1) is 16.5. The van der Waals surface area contributed by atoms with E-state index < -0.39 is 0 Å². The predicted molar refractivity (Wildman–Crippen MR) is 101 cm³/mol. The van der Waals surface area contributed by atoms with Crippen LogP contribution in [0.15, 0.2) is 70.4 Å². The van der Waals surface area contributed by atoms with Crippen molar-refractivity contribution in [2.75, 3.05) is 10.8 Å². The summed E-state index contributed by atoms with van der Waals surface area (Å²) < 4.78 is 0.911. The number of hydrogen-bond acceptors (Lipinski definition) is 5. The molecule has 0 fully saturated rings. The molecule has 0 saturated heterocycles. The molecular formula is C18H17N3OS2. The molecule has 6 heteroatoms. The van der Waals surface area contributed by atoms with Crippen molar-refractivity contribution in [3.63, 3.8) is 0 Å². The van der Waals surface area contributed by atoms with Crippen molar-refractivity contribution in [1.29, 1.82) is 0 Å². The molecular weight excluding hydrogens is 338 g/mol. The number of aromatic nitrogens is 1. The van der Waals surface area contributed by atoms with Crippen LogP contribution in [0.1, 0.15) is 5.69 Å². The van der Waals surface area contributed by atoms with E-state index in [1.807, 2.05) is 73.0 Å². The molecule has 0 aliphatic carbocycles. The first-order valence-corrected chi connectivity index (χ1v) is 9.33. The van der Waals surface area contributed by atoms with Crippen LogP contribution in [0.2, 0.25) is 0 Å². The number of nitrogens with one attached hydrogen (secondary N) is 1. The summed E-state index contributed by atoms with van der Waals surface area (Å²) in [6.07, 6.45) is 0. The number of carbonyl (C=O) groups is 1. The number of hydrogen-bond donors (Lipinski definition) is 1. The number of benzene rings is 2. The normalized spacial score (nSPS) is 10.4. The molecule has 4 nitrogen and oxygen atoms in total. The van der Waals surface area contributed by atoms with Crippen LogP contribution in [-0.2, 0) is 4.79 Å². The summed E-state index contributed by atoms with van der Waals surface area (Å²) >= 11 is 3.01. The van der Waals surface area contributed by atoms with E-state index in [1.54, 1.807) is 16.3 Å². The highest BCUT2D eigenvalue weighted by molar-refractivity contribution is 8.01. The highest BCUT2D eigenvalue weighted by Crippen LogP contribution is 2.24. The number of anilines is 2. The van der Waals surface area contributed by atoms with E-state index in [1.165, 1.54) is 11.8 Å². The Morgan fingerprint density at radius 1 is 1.08 bits per heavy atom. The van der Waals surface area contributed by atoms with Crippen molar-refractivity contribution in [2.45, 2.75) is 11.3 Å². The largest absolute Gasteiger partial charge is 0.272 e. The average molecular weight is 355 g/mol. The zero-order valence-corrected chi connectivity index (χ0v) is 14.8. The van der Waals surface area contributed by atoms with Crippen molar-refractivity contribution in [3.05, 3.63) is 71.7 Å². The molecule has 3 aromatic rings. The third kappa shape index (κ3) is 4.37. The lowest BCUT2D eigenvalue weighted by Gasteiger charge is -2.25. The molecule has 0 spiro atoms. The van der Waals surface area contributed by atoms with E-state index in [2.05, 4.69) is 10.4 Å². The minimum atomic E-state index is -0.0689. The van der Waals surface area contributed by atoms with Crippen molar-refractivity contribution < 1.29 is 4.79 Å². The monoisotopic (exact) mass is 355 g/mol. The topological polar surface area (TPSA) is 45.2 Å². The quantitative estimate of drug-likeness (QED) is 0.525. The van der Waals surface area contributed by atoms with Gasteiger partial charge in [-0.1, -0.05) is 48.2 Å². The molecule has 1 N–H and O–H groups in total. The number of thioether (sulfide) groups is 1. The van der Waals surface area contributed by atoms with E-state index in [9.17, 15) is 4.79 Å². The first-order chi connectivity index (χ1) is 11.7. The van der Waals surface area contributed by atoms with Crippen LogP contribution in [-0.4, -0.2) is 16.6 Å². The fourth-order valence-corrected chi connectivity index (χ4v) is 3.76. The zero-order chi connectivity index (χ0) is 16.8. The Bertz CT molecular complexity index is 751. The third-order valence-electron chi connectivity index (χ3n) is 3.19. The highest BCUT2D eigenvalue weighted by Gasteiger charge is 2.13. The number of hydrazine groups is 1. The zero-order valence-electron chi connectivity index (χ0n) is 13.2. The molecule has 1 amide bonds. The molecule has 0 unspecified atom stereocenters. The Hall–Kier alpha value is -2.31. The number of carbonyl (C=O) groups excluding carboxylic acids is 1. The lowest BCUT2D eigenvalue weighted by Crippen LogP contribution is -2.39. The molecule has 0 aliphatic rings. The van der Waals surface area contributed by atoms with Gasteiger partial charge in [-0.25, -0.2) is 4.98 Å². The van der Waals surface area contributed by atoms with Crippen molar-refractivity contribution in [2.24, 2.45) is 0 Å². The van der Waals surface area contributed by atoms with Gasteiger partial charge in [0.25, 0.3) is 0 Å². The van der Waals surface area contributed by atoms with Crippen LogP contribution in [0.5, 0.6) is 0 Å². The second-order valence-corrected chi connectivity index (χ2v) is 7.17. The van der Waals surface area contributed by atoms with Crippen LogP contribution in [0.25, 0.3) is 0 Å². The number of nitrogens with zero attached hydrogens (tertiary/aromatic N) is 2. The lowest BCUT2D eigenvalue weighted by atomic mass is 10.2. The van der Waals surface area contributed by atoms with Gasteiger partial charge < -0.3 is 0 Å². The summed E-state index contributed by atoms with van der Waals surface area (Å²) in [7, 11) is 0. The maximum absolute atomic E-state index is 12.4. The van der Waals surface area contributed by atoms with Crippen LogP contribution >= 0.6 is 23.1 Å². The average Bonchev–Trinajstić information content (AvgIpc) is 3.05. The smallest absolute Gasteiger partial charge is 0.249 e. The number of para-hydroxylation sites is 2. The van der Waals surface area contributed by atoms with Gasteiger partial charge in [-0.3, -0.25) is 15.2 Å². The van der Waals surface area contributed by atoms with Crippen LogP contribution in [0, 0.1) is 6.92 Å². The van der Waals surface area contributed by atoms with Gasteiger partial charge in [-0.05, 0) is 31.2 Å². The summed E-state index contributed by atoms with van der Waals surface area (Å²) in [5.74, 6) is 0.254. The van der Waals surface area contributed by atoms with Gasteiger partial charge in [0.05, 0.1) is 17.1 Å². The molecule has 0 aliphatic heterocycles. The van der Waals surface area contributed by atoms with E-state index in [-0.39, 0.29) is 5.91 Å². The Morgan fingerprint density at radius 2 is 1.67 bits per heavy atom. The van der Waals surface area contributed by atoms with E-state index in [0.717, 1.165) is 21.4 Å². The summed E-state index contributed by atoms with van der Waals surface area (Å²) in [5, 5.41) is 3.79. The summed E-state index contributed by atoms with van der Waals surface area (Å²) in [6, 6.07) is 19.6. The van der Waals surface area contributed by atoms with Gasteiger partial charge in [-0.15, -0.1) is 11.3 Å². The van der Waals surface area contributed by atoms with E-state index in [0.29, 0.717) is 5.75 Å². The maximum atomic E-state index is 12.4. The lowest BCUT2D eigenvalue weighted by molar-refractivity contribution is -0.118. The summed E-state index contributed by atoms with van der Waals surface area (Å²) in [5.41, 5.74) is 5.78. The van der Waals surface area contributed by atoms with Crippen LogP contribution in [0.4, 0.5) is 11.4 Å². The number of amides is 1. The molecule has 1 aromatic heterocycles. The minimum absolute atomic E-state index is 0.0689. The Balaban J connectivity index is 1.71. The van der Waals surface area contributed by atoms with Crippen molar-refractivity contribution in [3.8, 4) is 0 Å². The van der Waals surface area contributed by atoms with Crippen molar-refractivity contribution in [1.82, 2.24) is 10.4 Å². The third-order valence-corrected chi connectivity index (χ3v) is 5.33. The number of rotatable bonds is 6. The second kappa shape index (κ2) is 7.99. The highest BCUT2D eigenvalue weighted by atomic mass is 32.2. The van der Waals surface area contributed by atoms with Gasteiger partial charge in [-0.2, -0.15) is 0 Å². The molecule has 1 heterocycles. The number of aryl methyl sites for hydroxylation is 1. The molecule has 0 atom stereocenters.